The molecule has 1 aliphatic heterocycles. The predicted octanol–water partition coefficient (Wildman–Crippen LogP) is 2.75. The quantitative estimate of drug-likeness (QED) is 0.924. The van der Waals surface area contributed by atoms with Crippen LogP contribution in [0.4, 0.5) is 4.39 Å². The summed E-state index contributed by atoms with van der Waals surface area (Å²) in [5.41, 5.74) is 5.72. The van der Waals surface area contributed by atoms with Crippen molar-refractivity contribution >= 4 is 21.6 Å². The first-order valence-electron chi connectivity index (χ1n) is 6.85. The summed E-state index contributed by atoms with van der Waals surface area (Å²) in [5.74, 6) is -0.755. The zero-order valence-electron chi connectivity index (χ0n) is 12.2. The molecule has 0 aromatic heterocycles. The summed E-state index contributed by atoms with van der Waals surface area (Å²) in [6, 6.07) is 2.33. The van der Waals surface area contributed by atoms with Crippen LogP contribution in [0.2, 0.25) is 5.02 Å². The SMILES string of the molecule is CC1(C)CCCN(S(=O)(=O)c2cc(F)c(Cl)c(CN)c2)C1. The molecule has 0 spiro atoms. The van der Waals surface area contributed by atoms with Gasteiger partial charge in [0.05, 0.1) is 9.92 Å². The van der Waals surface area contributed by atoms with Gasteiger partial charge >= 0.3 is 0 Å². The maximum atomic E-state index is 13.8. The van der Waals surface area contributed by atoms with Crippen LogP contribution in [0.3, 0.4) is 0 Å². The first-order valence-corrected chi connectivity index (χ1v) is 8.67. The van der Waals surface area contributed by atoms with Gasteiger partial charge in [0.25, 0.3) is 0 Å². The Morgan fingerprint density at radius 1 is 1.43 bits per heavy atom. The maximum absolute atomic E-state index is 13.8. The van der Waals surface area contributed by atoms with Crippen LogP contribution in [0.25, 0.3) is 0 Å². The fourth-order valence-electron chi connectivity index (χ4n) is 2.64. The van der Waals surface area contributed by atoms with Gasteiger partial charge in [-0.2, -0.15) is 4.31 Å². The smallest absolute Gasteiger partial charge is 0.243 e. The molecule has 0 unspecified atom stereocenters. The summed E-state index contributed by atoms with van der Waals surface area (Å²) in [6.45, 7) is 4.93. The largest absolute Gasteiger partial charge is 0.326 e. The Morgan fingerprint density at radius 3 is 2.67 bits per heavy atom. The lowest BCUT2D eigenvalue weighted by molar-refractivity contribution is 0.187. The molecule has 118 valence electrons. The van der Waals surface area contributed by atoms with Gasteiger partial charge in [-0.3, -0.25) is 0 Å². The van der Waals surface area contributed by atoms with E-state index in [0.717, 1.165) is 18.9 Å². The summed E-state index contributed by atoms with van der Waals surface area (Å²) in [4.78, 5) is -0.0810. The molecule has 2 N–H and O–H groups in total. The molecule has 0 bridgehead atoms. The predicted molar refractivity (Wildman–Crippen MR) is 81.1 cm³/mol. The van der Waals surface area contributed by atoms with Crippen LogP contribution in [0.15, 0.2) is 17.0 Å². The van der Waals surface area contributed by atoms with Gasteiger partial charge in [0.15, 0.2) is 0 Å². The summed E-state index contributed by atoms with van der Waals surface area (Å²) in [7, 11) is -3.73. The van der Waals surface area contributed by atoms with Crippen molar-refractivity contribution in [3.8, 4) is 0 Å². The fraction of sp³-hybridized carbons (Fsp3) is 0.571. The van der Waals surface area contributed by atoms with E-state index in [1.165, 1.54) is 10.4 Å². The van der Waals surface area contributed by atoms with Crippen LogP contribution in [-0.4, -0.2) is 25.8 Å². The number of sulfonamides is 1. The molecule has 1 fully saturated rings. The van der Waals surface area contributed by atoms with Gasteiger partial charge in [0.2, 0.25) is 10.0 Å². The molecular weight excluding hydrogens is 315 g/mol. The normalized spacial score (nSPS) is 19.7. The van der Waals surface area contributed by atoms with Crippen LogP contribution in [0.1, 0.15) is 32.3 Å². The molecule has 2 rings (SSSR count). The Kier molecular flexibility index (Phi) is 4.63. The number of hydrogen-bond acceptors (Lipinski definition) is 3. The van der Waals surface area contributed by atoms with Crippen molar-refractivity contribution in [3.63, 3.8) is 0 Å². The average Bonchev–Trinajstić information content (AvgIpc) is 2.40. The lowest BCUT2D eigenvalue weighted by atomic mass is 9.85. The first-order chi connectivity index (χ1) is 9.67. The number of benzene rings is 1. The van der Waals surface area contributed by atoms with Gasteiger partial charge in [-0.25, -0.2) is 12.8 Å². The zero-order valence-corrected chi connectivity index (χ0v) is 13.8. The molecule has 1 saturated heterocycles. The summed E-state index contributed by atoms with van der Waals surface area (Å²) in [6.07, 6.45) is 1.77. The van der Waals surface area contributed by atoms with Gasteiger partial charge in [-0.05, 0) is 36.0 Å². The van der Waals surface area contributed by atoms with Crippen LogP contribution >= 0.6 is 11.6 Å². The van der Waals surface area contributed by atoms with E-state index in [2.05, 4.69) is 0 Å². The Hall–Kier alpha value is -0.690. The molecule has 0 saturated carbocycles. The number of piperidine rings is 1. The zero-order chi connectivity index (χ0) is 15.8. The second-order valence-electron chi connectivity index (χ2n) is 6.19. The Bertz CT molecular complexity index is 647. The second-order valence-corrected chi connectivity index (χ2v) is 8.50. The lowest BCUT2D eigenvalue weighted by Crippen LogP contribution is -2.43. The highest BCUT2D eigenvalue weighted by atomic mass is 35.5. The van der Waals surface area contributed by atoms with E-state index in [1.807, 2.05) is 13.8 Å². The molecule has 7 heteroatoms. The van der Waals surface area contributed by atoms with Crippen LogP contribution in [0, 0.1) is 11.2 Å². The molecule has 4 nitrogen and oxygen atoms in total. The highest BCUT2D eigenvalue weighted by Gasteiger charge is 2.34. The van der Waals surface area contributed by atoms with E-state index in [4.69, 9.17) is 17.3 Å². The minimum Gasteiger partial charge on any atom is -0.326 e. The molecule has 1 aromatic rings. The van der Waals surface area contributed by atoms with Gasteiger partial charge in [-0.15, -0.1) is 0 Å². The third-order valence-electron chi connectivity index (χ3n) is 3.80. The Labute approximate surface area is 130 Å². The molecule has 0 atom stereocenters. The topological polar surface area (TPSA) is 63.4 Å². The van der Waals surface area contributed by atoms with E-state index in [-0.39, 0.29) is 21.9 Å². The number of rotatable bonds is 3. The fourth-order valence-corrected chi connectivity index (χ4v) is 4.56. The standard InChI is InChI=1S/C14H20ClFN2O2S/c1-14(2)4-3-5-18(9-14)21(19,20)11-6-10(8-17)13(15)12(16)7-11/h6-7H,3-5,8-9,17H2,1-2H3. The number of hydrogen-bond donors (Lipinski definition) is 1. The molecule has 1 aliphatic rings. The van der Waals surface area contributed by atoms with Gasteiger partial charge in [0.1, 0.15) is 5.82 Å². The number of nitrogens with two attached hydrogens (primary N) is 1. The molecule has 0 aliphatic carbocycles. The van der Waals surface area contributed by atoms with Crippen LogP contribution in [-0.2, 0) is 16.6 Å². The summed E-state index contributed by atoms with van der Waals surface area (Å²) >= 11 is 5.78. The van der Waals surface area contributed by atoms with Crippen LogP contribution < -0.4 is 5.73 Å². The van der Waals surface area contributed by atoms with E-state index < -0.39 is 15.8 Å². The molecular formula is C14H20ClFN2O2S. The minimum absolute atomic E-state index is 0.00932. The molecule has 0 radical (unpaired) electrons. The van der Waals surface area contributed by atoms with Crippen molar-refractivity contribution in [1.82, 2.24) is 4.31 Å². The van der Waals surface area contributed by atoms with Gasteiger partial charge in [-0.1, -0.05) is 25.4 Å². The first kappa shape index (κ1) is 16.7. The number of nitrogens with zero attached hydrogens (tertiary/aromatic N) is 1. The Balaban J connectivity index is 2.42. The average molecular weight is 335 g/mol. The van der Waals surface area contributed by atoms with Crippen LogP contribution in [0.5, 0.6) is 0 Å². The third-order valence-corrected chi connectivity index (χ3v) is 6.05. The van der Waals surface area contributed by atoms with Crippen molar-refractivity contribution < 1.29 is 12.8 Å². The van der Waals surface area contributed by atoms with Crippen molar-refractivity contribution in [3.05, 3.63) is 28.5 Å². The molecule has 1 heterocycles. The molecule has 0 amide bonds. The molecule has 1 aromatic carbocycles. The summed E-state index contributed by atoms with van der Waals surface area (Å²) < 4.78 is 40.6. The van der Waals surface area contributed by atoms with E-state index in [9.17, 15) is 12.8 Å². The summed E-state index contributed by atoms with van der Waals surface area (Å²) in [5, 5.41) is -0.115. The van der Waals surface area contributed by atoms with Gasteiger partial charge < -0.3 is 5.73 Å². The van der Waals surface area contributed by atoms with E-state index in [0.29, 0.717) is 18.7 Å². The van der Waals surface area contributed by atoms with Gasteiger partial charge in [0, 0.05) is 19.6 Å². The monoisotopic (exact) mass is 334 g/mol. The second kappa shape index (κ2) is 5.83. The van der Waals surface area contributed by atoms with Crippen molar-refractivity contribution in [2.24, 2.45) is 11.1 Å². The number of halogens is 2. The third kappa shape index (κ3) is 3.39. The Morgan fingerprint density at radius 2 is 2.10 bits per heavy atom. The van der Waals surface area contributed by atoms with Crippen molar-refractivity contribution in [2.45, 2.75) is 38.1 Å². The van der Waals surface area contributed by atoms with E-state index in [1.54, 1.807) is 0 Å². The maximum Gasteiger partial charge on any atom is 0.243 e. The minimum atomic E-state index is -3.73. The highest BCUT2D eigenvalue weighted by molar-refractivity contribution is 7.89. The van der Waals surface area contributed by atoms with E-state index >= 15 is 0 Å². The van der Waals surface area contributed by atoms with Crippen molar-refractivity contribution in [2.75, 3.05) is 13.1 Å². The van der Waals surface area contributed by atoms with Crippen molar-refractivity contribution in [1.29, 1.82) is 0 Å². The highest BCUT2D eigenvalue weighted by Crippen LogP contribution is 2.33. The lowest BCUT2D eigenvalue weighted by Gasteiger charge is -2.37. The molecule has 21 heavy (non-hydrogen) atoms.